The molecule has 2 unspecified atom stereocenters. The van der Waals surface area contributed by atoms with Crippen molar-refractivity contribution in [3.8, 4) is 0 Å². The number of carbonyl (C=O) groups is 4. The fraction of sp³-hybridized carbons (Fsp3) is 0.951. The molecule has 0 radical (unpaired) electrons. The molecule has 17 nitrogen and oxygen atoms in total. The van der Waals surface area contributed by atoms with Crippen molar-refractivity contribution < 1.29 is 80.2 Å². The first kappa shape index (κ1) is 98.1. The van der Waals surface area contributed by atoms with Crippen LogP contribution in [0.15, 0.2) is 0 Å². The fourth-order valence-electron chi connectivity index (χ4n) is 12.6. The summed E-state index contributed by atoms with van der Waals surface area (Å²) in [7, 11) is -9.91. The number of ether oxygens (including phenoxy) is 4. The lowest BCUT2D eigenvalue weighted by Gasteiger charge is -2.21. The molecular formula is C81H158O17P2. The minimum Gasteiger partial charge on any atom is -0.462 e. The van der Waals surface area contributed by atoms with Gasteiger partial charge >= 0.3 is 39.5 Å². The van der Waals surface area contributed by atoms with Crippen molar-refractivity contribution >= 4 is 39.5 Å². The van der Waals surface area contributed by atoms with Crippen LogP contribution in [0.25, 0.3) is 0 Å². The molecule has 0 heterocycles. The Morgan fingerprint density at radius 3 is 0.680 bits per heavy atom. The van der Waals surface area contributed by atoms with E-state index < -0.39 is 97.5 Å². The molecule has 3 N–H and O–H groups in total. The van der Waals surface area contributed by atoms with Gasteiger partial charge in [0.05, 0.1) is 26.4 Å². The SMILES string of the molecule is CCCCCCCCCCCCCCCCCCCCCCCCC(=O)O[C@H](COC(=O)CCCCCCCCCCCCCCCCCC(C)C)COP(=O)(O)OC[C@@H](O)COP(=O)(O)OC[C@@H](COC(=O)CCCCCCCCCCC)OC(=O)CCCCCCCCCCCCC. The molecule has 0 saturated heterocycles. The third kappa shape index (κ3) is 74.3. The highest BCUT2D eigenvalue weighted by atomic mass is 31.2. The van der Waals surface area contributed by atoms with Gasteiger partial charge in [0.15, 0.2) is 12.2 Å². The largest absolute Gasteiger partial charge is 0.472 e. The predicted octanol–water partition coefficient (Wildman–Crippen LogP) is 24.4. The second-order valence-electron chi connectivity index (χ2n) is 29.6. The van der Waals surface area contributed by atoms with Gasteiger partial charge in [0.1, 0.15) is 19.3 Å². The number of rotatable bonds is 81. The van der Waals surface area contributed by atoms with E-state index in [1.165, 1.54) is 257 Å². The molecule has 0 aromatic heterocycles. The van der Waals surface area contributed by atoms with Gasteiger partial charge < -0.3 is 33.8 Å². The van der Waals surface area contributed by atoms with E-state index in [1.807, 2.05) is 0 Å². The molecule has 19 heteroatoms. The van der Waals surface area contributed by atoms with E-state index in [1.54, 1.807) is 0 Å². The molecule has 100 heavy (non-hydrogen) atoms. The van der Waals surface area contributed by atoms with Crippen LogP contribution in [-0.4, -0.2) is 96.7 Å². The summed E-state index contributed by atoms with van der Waals surface area (Å²) in [6, 6.07) is 0. The molecule has 0 spiro atoms. The Morgan fingerprint density at radius 2 is 0.460 bits per heavy atom. The summed E-state index contributed by atoms with van der Waals surface area (Å²) < 4.78 is 68.6. The average molecular weight is 1470 g/mol. The van der Waals surface area contributed by atoms with E-state index in [-0.39, 0.29) is 25.7 Å². The van der Waals surface area contributed by atoms with Crippen LogP contribution in [0.3, 0.4) is 0 Å². The van der Waals surface area contributed by atoms with Crippen LogP contribution in [-0.2, 0) is 65.4 Å². The Kier molecular flexibility index (Phi) is 72.5. The van der Waals surface area contributed by atoms with Gasteiger partial charge in [-0.1, -0.05) is 381 Å². The molecule has 0 aliphatic heterocycles. The molecule has 0 aliphatic carbocycles. The Morgan fingerprint density at radius 1 is 0.270 bits per heavy atom. The maximum Gasteiger partial charge on any atom is 0.472 e. The van der Waals surface area contributed by atoms with Crippen molar-refractivity contribution in [1.29, 1.82) is 0 Å². The third-order valence-corrected chi connectivity index (χ3v) is 20.9. The number of hydrogen-bond donors (Lipinski definition) is 3. The smallest absolute Gasteiger partial charge is 0.462 e. The van der Waals surface area contributed by atoms with Gasteiger partial charge in [0.2, 0.25) is 0 Å². The van der Waals surface area contributed by atoms with Crippen molar-refractivity contribution in [3.63, 3.8) is 0 Å². The minimum absolute atomic E-state index is 0.107. The van der Waals surface area contributed by atoms with Crippen molar-refractivity contribution in [2.75, 3.05) is 39.6 Å². The Bertz CT molecular complexity index is 1910. The standard InChI is InChI=1S/C81H158O17P2/c1-6-9-12-15-18-21-23-24-25-26-27-28-29-30-31-34-38-42-47-52-57-62-67-81(86)98-77(71-92-79(84)65-60-55-50-45-41-37-35-32-33-36-40-44-48-53-58-63-74(4)5)73-96-100(89,90)94-69-75(82)68-93-99(87,88)95-72-76(70-91-78(83)64-59-54-49-43-20-17-14-11-8-3)97-80(85)66-61-56-51-46-39-22-19-16-13-10-7-2/h74-77,82H,6-73H2,1-5H3,(H,87,88)(H,89,90)/t75-,76+,77+/m0/s1. The summed E-state index contributed by atoms with van der Waals surface area (Å²) in [5.74, 6) is -1.30. The number of carbonyl (C=O) groups excluding carboxylic acids is 4. The van der Waals surface area contributed by atoms with Crippen LogP contribution in [0.1, 0.15) is 433 Å². The van der Waals surface area contributed by atoms with Gasteiger partial charge in [0, 0.05) is 25.7 Å². The van der Waals surface area contributed by atoms with E-state index >= 15 is 0 Å². The second kappa shape index (κ2) is 73.9. The Balaban J connectivity index is 5.18. The van der Waals surface area contributed by atoms with Gasteiger partial charge in [0.25, 0.3) is 0 Å². The first-order chi connectivity index (χ1) is 48.5. The Hall–Kier alpha value is -1.94. The summed E-state index contributed by atoms with van der Waals surface area (Å²) in [4.78, 5) is 72.9. The van der Waals surface area contributed by atoms with E-state index in [0.29, 0.717) is 25.7 Å². The van der Waals surface area contributed by atoms with E-state index in [2.05, 4.69) is 34.6 Å². The van der Waals surface area contributed by atoms with Gasteiger partial charge in [-0.05, 0) is 31.6 Å². The molecule has 0 amide bonds. The van der Waals surface area contributed by atoms with Crippen LogP contribution in [0.2, 0.25) is 0 Å². The van der Waals surface area contributed by atoms with E-state index in [9.17, 15) is 43.2 Å². The zero-order chi connectivity index (χ0) is 73.4. The molecule has 0 saturated carbocycles. The molecular weight excluding hydrogens is 1310 g/mol. The van der Waals surface area contributed by atoms with Crippen molar-refractivity contribution in [3.05, 3.63) is 0 Å². The van der Waals surface area contributed by atoms with E-state index in [0.717, 1.165) is 95.8 Å². The lowest BCUT2D eigenvalue weighted by Crippen LogP contribution is -2.30. The maximum atomic E-state index is 13.1. The summed E-state index contributed by atoms with van der Waals surface area (Å²) >= 11 is 0. The summed E-state index contributed by atoms with van der Waals surface area (Å²) in [6.45, 7) is 7.33. The highest BCUT2D eigenvalue weighted by molar-refractivity contribution is 7.47. The van der Waals surface area contributed by atoms with Crippen molar-refractivity contribution in [2.45, 2.75) is 451 Å². The molecule has 0 rings (SSSR count). The molecule has 594 valence electrons. The topological polar surface area (TPSA) is 237 Å². The zero-order valence-corrected chi connectivity index (χ0v) is 67.1. The van der Waals surface area contributed by atoms with E-state index in [4.69, 9.17) is 37.0 Å². The fourth-order valence-corrected chi connectivity index (χ4v) is 14.2. The first-order valence-electron chi connectivity index (χ1n) is 42.1. The van der Waals surface area contributed by atoms with Crippen LogP contribution in [0, 0.1) is 5.92 Å². The summed E-state index contributed by atoms with van der Waals surface area (Å²) in [5.41, 5.74) is 0. The molecule has 0 aromatic rings. The Labute approximate surface area is 613 Å². The first-order valence-corrected chi connectivity index (χ1v) is 45.1. The molecule has 0 bridgehead atoms. The summed E-state index contributed by atoms with van der Waals surface area (Å²) in [5, 5.41) is 10.6. The third-order valence-electron chi connectivity index (χ3n) is 19.0. The predicted molar refractivity (Wildman–Crippen MR) is 409 cm³/mol. The van der Waals surface area contributed by atoms with Crippen LogP contribution >= 0.6 is 15.6 Å². The normalized spacial score (nSPS) is 13.8. The number of esters is 4. The van der Waals surface area contributed by atoms with Gasteiger partial charge in [-0.2, -0.15) is 0 Å². The highest BCUT2D eigenvalue weighted by Crippen LogP contribution is 2.45. The van der Waals surface area contributed by atoms with Gasteiger partial charge in [-0.25, -0.2) is 9.13 Å². The number of aliphatic hydroxyl groups is 1. The number of aliphatic hydroxyl groups excluding tert-OH is 1. The average Bonchev–Trinajstić information content (AvgIpc) is 1.02. The molecule has 0 aromatic carbocycles. The number of phosphoric ester groups is 2. The molecule has 0 aliphatic rings. The van der Waals surface area contributed by atoms with Gasteiger partial charge in [-0.3, -0.25) is 37.3 Å². The number of phosphoric acid groups is 2. The minimum atomic E-state index is -4.96. The zero-order valence-electron chi connectivity index (χ0n) is 65.3. The molecule has 0 fully saturated rings. The van der Waals surface area contributed by atoms with Crippen molar-refractivity contribution in [2.24, 2.45) is 5.92 Å². The van der Waals surface area contributed by atoms with Crippen LogP contribution in [0.5, 0.6) is 0 Å². The maximum absolute atomic E-state index is 13.1. The van der Waals surface area contributed by atoms with Crippen molar-refractivity contribution in [1.82, 2.24) is 0 Å². The molecule has 5 atom stereocenters. The lowest BCUT2D eigenvalue weighted by molar-refractivity contribution is -0.161. The number of hydrogen-bond acceptors (Lipinski definition) is 15. The van der Waals surface area contributed by atoms with Crippen LogP contribution in [0.4, 0.5) is 0 Å². The quantitative estimate of drug-likeness (QED) is 0.0222. The van der Waals surface area contributed by atoms with Gasteiger partial charge in [-0.15, -0.1) is 0 Å². The van der Waals surface area contributed by atoms with Crippen LogP contribution < -0.4 is 0 Å². The second-order valence-corrected chi connectivity index (χ2v) is 32.5. The highest BCUT2D eigenvalue weighted by Gasteiger charge is 2.30. The lowest BCUT2D eigenvalue weighted by atomic mass is 10.0. The summed E-state index contributed by atoms with van der Waals surface area (Å²) in [6.07, 6.45) is 65.4. The number of unbranched alkanes of at least 4 members (excludes halogenated alkanes) is 53. The monoisotopic (exact) mass is 1470 g/mol.